The number of hydrogen-bond acceptors (Lipinski definition) is 0. The molecule has 0 saturated carbocycles. The van der Waals surface area contributed by atoms with E-state index in [1.54, 1.807) is 0 Å². The van der Waals surface area contributed by atoms with Crippen molar-refractivity contribution >= 4 is 9.16 Å². The molecule has 86 valence electrons. The quantitative estimate of drug-likeness (QED) is 0.537. The monoisotopic (exact) mass is 216 g/mol. The van der Waals surface area contributed by atoms with Crippen LogP contribution in [0.1, 0.15) is 48.5 Å². The molecule has 0 aliphatic rings. The number of thiol groups is 1. The topological polar surface area (TPSA) is 0 Å². The lowest BCUT2D eigenvalue weighted by atomic mass is 10.5. The minimum Gasteiger partial charge on any atom is -0.230 e. The van der Waals surface area contributed by atoms with Gasteiger partial charge in [-0.25, -0.2) is 9.16 Å². The van der Waals surface area contributed by atoms with Crippen molar-refractivity contribution in [3.8, 4) is 11.2 Å². The summed E-state index contributed by atoms with van der Waals surface area (Å²) in [5.74, 6) is 3.20. The molecular formula is C13H28S. The van der Waals surface area contributed by atoms with E-state index in [0.29, 0.717) is 15.7 Å². The lowest BCUT2D eigenvalue weighted by molar-refractivity contribution is 0.935. The second-order valence-corrected chi connectivity index (χ2v) is 12.5. The number of rotatable bonds is 3. The predicted octanol–water partition coefficient (Wildman–Crippen LogP) is 3.89. The van der Waals surface area contributed by atoms with Gasteiger partial charge in [-0.2, -0.15) is 0 Å². The van der Waals surface area contributed by atoms with E-state index in [-0.39, 0.29) is 0 Å². The van der Waals surface area contributed by atoms with Gasteiger partial charge in [-0.05, 0) is 28.9 Å². The summed E-state index contributed by atoms with van der Waals surface area (Å²) in [5.41, 5.74) is 0. The summed E-state index contributed by atoms with van der Waals surface area (Å²) in [6.07, 6.45) is 2.47. The molecule has 0 aromatic heterocycles. The Morgan fingerprint density at radius 1 is 0.786 bits per heavy atom. The van der Waals surface area contributed by atoms with Gasteiger partial charge in [-0.15, -0.1) is 0 Å². The highest BCUT2D eigenvalue weighted by atomic mass is 32.3. The molecule has 14 heavy (non-hydrogen) atoms. The van der Waals surface area contributed by atoms with Crippen LogP contribution < -0.4 is 0 Å². The largest absolute Gasteiger partial charge is 0.230 e. The fraction of sp³-hybridized carbons (Fsp3) is 0.846. The van der Waals surface area contributed by atoms with Crippen LogP contribution in [0.15, 0.2) is 0 Å². The first-order valence-electron chi connectivity index (χ1n) is 5.66. The van der Waals surface area contributed by atoms with Gasteiger partial charge in [-0.3, -0.25) is 0 Å². The summed E-state index contributed by atoms with van der Waals surface area (Å²) >= 11 is 0. The van der Waals surface area contributed by atoms with Crippen LogP contribution >= 0.6 is 9.16 Å². The van der Waals surface area contributed by atoms with Crippen molar-refractivity contribution in [2.45, 2.75) is 64.2 Å². The average Bonchev–Trinajstić information content (AvgIpc) is 2.03. The van der Waals surface area contributed by atoms with Crippen molar-refractivity contribution in [3.63, 3.8) is 0 Å². The summed E-state index contributed by atoms with van der Waals surface area (Å²) in [6, 6.07) is 0. The Balaban J connectivity index is 5.70. The molecule has 0 rings (SSSR count). The van der Waals surface area contributed by atoms with Gasteiger partial charge in [0.2, 0.25) is 0 Å². The van der Waals surface area contributed by atoms with Crippen LogP contribution in [-0.2, 0) is 0 Å². The summed E-state index contributed by atoms with van der Waals surface area (Å²) in [6.45, 7) is 16.1. The van der Waals surface area contributed by atoms with Crippen LogP contribution in [0.2, 0.25) is 0 Å². The molecule has 0 N–H and O–H groups in total. The Bertz CT molecular complexity index is 226. The molecule has 0 aromatic rings. The summed E-state index contributed by atoms with van der Waals surface area (Å²) in [4.78, 5) is 0. The predicted molar refractivity (Wildman–Crippen MR) is 73.8 cm³/mol. The second-order valence-electron chi connectivity index (χ2n) is 5.48. The molecule has 0 heterocycles. The third-order valence-electron chi connectivity index (χ3n) is 4.53. The van der Waals surface area contributed by atoms with Gasteiger partial charge in [0.25, 0.3) is 0 Å². The van der Waals surface area contributed by atoms with Crippen molar-refractivity contribution in [1.82, 2.24) is 0 Å². The molecule has 0 aliphatic heterocycles. The van der Waals surface area contributed by atoms with E-state index in [9.17, 15) is 0 Å². The van der Waals surface area contributed by atoms with Crippen LogP contribution in [0.3, 0.4) is 0 Å². The van der Waals surface area contributed by atoms with Crippen LogP contribution in [0.5, 0.6) is 0 Å². The molecule has 0 bridgehead atoms. The normalized spacial score (nSPS) is 15.2. The van der Waals surface area contributed by atoms with E-state index in [0.717, 1.165) is 0 Å². The van der Waals surface area contributed by atoms with Gasteiger partial charge >= 0.3 is 0 Å². The fourth-order valence-corrected chi connectivity index (χ4v) is 7.44. The Morgan fingerprint density at radius 2 is 1.07 bits per heavy atom. The first-order valence-corrected chi connectivity index (χ1v) is 8.55. The van der Waals surface area contributed by atoms with Gasteiger partial charge in [0.15, 0.2) is 0 Å². The summed E-state index contributed by atoms with van der Waals surface area (Å²) < 4.78 is 0. The Labute approximate surface area is 91.1 Å². The Hall–Kier alpha value is -0.0900. The lowest BCUT2D eigenvalue weighted by Gasteiger charge is -2.64. The van der Waals surface area contributed by atoms with Crippen molar-refractivity contribution in [2.24, 2.45) is 0 Å². The first kappa shape index (κ1) is 13.9. The third-order valence-corrected chi connectivity index (χ3v) is 13.6. The maximum atomic E-state index is 3.65. The second kappa shape index (κ2) is 4.19. The number of hydrogen-bond donors (Lipinski definition) is 1. The molecule has 0 atom stereocenters. The van der Waals surface area contributed by atoms with Crippen LogP contribution in [0.4, 0.5) is 0 Å². The fourth-order valence-electron chi connectivity index (χ4n) is 2.48. The SMILES string of the molecule is CC#C[SH](C)(C(C)C)(C(C)C)C(C)C. The van der Waals surface area contributed by atoms with Gasteiger partial charge < -0.3 is 0 Å². The highest BCUT2D eigenvalue weighted by Crippen LogP contribution is 2.75. The lowest BCUT2D eigenvalue weighted by Crippen LogP contribution is -2.39. The molecule has 0 saturated heterocycles. The van der Waals surface area contributed by atoms with Crippen LogP contribution in [0.25, 0.3) is 0 Å². The van der Waals surface area contributed by atoms with E-state index in [4.69, 9.17) is 0 Å². The van der Waals surface area contributed by atoms with Gasteiger partial charge in [0, 0.05) is 0 Å². The van der Waals surface area contributed by atoms with Crippen molar-refractivity contribution < 1.29 is 0 Å². The Kier molecular flexibility index (Phi) is 4.16. The molecule has 0 spiro atoms. The highest BCUT2D eigenvalue weighted by Gasteiger charge is 2.43. The molecule has 0 amide bonds. The van der Waals surface area contributed by atoms with E-state index in [2.05, 4.69) is 59.0 Å². The van der Waals surface area contributed by atoms with Gasteiger partial charge in [0.05, 0.1) is 0 Å². The van der Waals surface area contributed by atoms with Crippen LogP contribution in [0, 0.1) is 11.2 Å². The minimum absolute atomic E-state index is 0.702. The van der Waals surface area contributed by atoms with E-state index in [1.807, 2.05) is 6.92 Å². The smallest absolute Gasteiger partial charge is 0.00192 e. The molecule has 0 aromatic carbocycles. The first-order chi connectivity index (χ1) is 6.21. The van der Waals surface area contributed by atoms with Gasteiger partial charge in [0.1, 0.15) is 0 Å². The summed E-state index contributed by atoms with van der Waals surface area (Å²) in [7, 11) is -1.87. The zero-order valence-corrected chi connectivity index (χ0v) is 12.1. The Morgan fingerprint density at radius 3 is 1.14 bits per heavy atom. The van der Waals surface area contributed by atoms with Crippen LogP contribution in [-0.4, -0.2) is 22.0 Å². The zero-order chi connectivity index (χ0) is 11.6. The standard InChI is InChI=1S/C13H28S/c1-9-10-14(8,11(2)3,12(4)5)13(6)7/h11-14H,1-8H3. The molecular weight excluding hydrogens is 188 g/mol. The van der Waals surface area contributed by atoms with Crippen molar-refractivity contribution in [2.75, 3.05) is 6.26 Å². The average molecular weight is 216 g/mol. The molecule has 0 radical (unpaired) electrons. The molecule has 1 heteroatoms. The highest BCUT2D eigenvalue weighted by molar-refractivity contribution is 8.53. The zero-order valence-electron chi connectivity index (χ0n) is 11.2. The minimum atomic E-state index is -1.87. The maximum absolute atomic E-state index is 3.65. The van der Waals surface area contributed by atoms with E-state index >= 15 is 0 Å². The van der Waals surface area contributed by atoms with Crippen molar-refractivity contribution in [1.29, 1.82) is 0 Å². The third kappa shape index (κ3) is 1.70. The summed E-state index contributed by atoms with van der Waals surface area (Å²) in [5, 5.41) is 5.76. The molecule has 0 fully saturated rings. The van der Waals surface area contributed by atoms with E-state index in [1.165, 1.54) is 0 Å². The molecule has 0 nitrogen and oxygen atoms in total. The molecule has 0 unspecified atom stereocenters. The van der Waals surface area contributed by atoms with Crippen molar-refractivity contribution in [3.05, 3.63) is 0 Å². The molecule has 0 aliphatic carbocycles. The van der Waals surface area contributed by atoms with E-state index < -0.39 is 9.16 Å². The van der Waals surface area contributed by atoms with Gasteiger partial charge in [-0.1, -0.05) is 52.7 Å². The maximum Gasteiger partial charge on any atom is -0.00192 e.